The van der Waals surface area contributed by atoms with Crippen molar-refractivity contribution in [1.82, 2.24) is 10.3 Å². The summed E-state index contributed by atoms with van der Waals surface area (Å²) in [4.78, 5) is 28.8. The summed E-state index contributed by atoms with van der Waals surface area (Å²) in [5.41, 5.74) is 0.531. The summed E-state index contributed by atoms with van der Waals surface area (Å²) in [5.74, 6) is 0.651. The predicted octanol–water partition coefficient (Wildman–Crippen LogP) is 2.93. The van der Waals surface area contributed by atoms with Crippen LogP contribution in [0.2, 0.25) is 0 Å². The SMILES string of the molecule is COc1ccc(OC)c(C(O)C(C)NC(=O)Cc2csc(NC(=O)C(C)(C)C)n2)c1. The molecule has 0 spiro atoms. The summed E-state index contributed by atoms with van der Waals surface area (Å²) < 4.78 is 10.5. The normalized spacial score (nSPS) is 13.3. The van der Waals surface area contributed by atoms with Crippen LogP contribution in [0.1, 0.15) is 45.1 Å². The Kier molecular flexibility index (Phi) is 7.80. The Morgan fingerprint density at radius 1 is 1.23 bits per heavy atom. The fourth-order valence-electron chi connectivity index (χ4n) is 2.62. The van der Waals surface area contributed by atoms with Crippen LogP contribution in [0.15, 0.2) is 23.6 Å². The number of aliphatic hydroxyl groups excluding tert-OH is 1. The molecule has 0 aliphatic carbocycles. The van der Waals surface area contributed by atoms with E-state index in [0.717, 1.165) is 0 Å². The van der Waals surface area contributed by atoms with Gasteiger partial charge in [-0.15, -0.1) is 11.3 Å². The molecule has 1 heterocycles. The van der Waals surface area contributed by atoms with Gasteiger partial charge in [0.25, 0.3) is 0 Å². The molecule has 0 fully saturated rings. The van der Waals surface area contributed by atoms with Crippen molar-refractivity contribution in [3.8, 4) is 11.5 Å². The lowest BCUT2D eigenvalue weighted by atomic mass is 9.96. The fourth-order valence-corrected chi connectivity index (χ4v) is 3.32. The highest BCUT2D eigenvalue weighted by Gasteiger charge is 2.24. The zero-order chi connectivity index (χ0) is 22.5. The van der Waals surface area contributed by atoms with Crippen molar-refractivity contribution in [2.75, 3.05) is 19.5 Å². The molecule has 2 amide bonds. The Balaban J connectivity index is 1.99. The van der Waals surface area contributed by atoms with Gasteiger partial charge < -0.3 is 25.2 Å². The van der Waals surface area contributed by atoms with E-state index in [1.807, 2.05) is 20.8 Å². The molecule has 2 atom stereocenters. The molecular formula is C21H29N3O5S. The van der Waals surface area contributed by atoms with E-state index in [1.165, 1.54) is 25.6 Å². The lowest BCUT2D eigenvalue weighted by Crippen LogP contribution is -2.38. The first kappa shape index (κ1) is 23.6. The molecule has 0 aliphatic rings. The molecule has 0 aliphatic heterocycles. The molecule has 3 N–H and O–H groups in total. The molecular weight excluding hydrogens is 406 g/mol. The number of hydrogen-bond acceptors (Lipinski definition) is 7. The molecule has 0 radical (unpaired) electrons. The highest BCUT2D eigenvalue weighted by molar-refractivity contribution is 7.13. The zero-order valence-corrected chi connectivity index (χ0v) is 18.9. The minimum atomic E-state index is -0.990. The second-order valence-electron chi connectivity index (χ2n) is 7.93. The number of nitrogens with one attached hydrogen (secondary N) is 2. The van der Waals surface area contributed by atoms with E-state index >= 15 is 0 Å². The number of rotatable bonds is 8. The van der Waals surface area contributed by atoms with Crippen LogP contribution in [0, 0.1) is 5.41 Å². The Bertz CT molecular complexity index is 891. The Hall–Kier alpha value is -2.65. The number of carbonyl (C=O) groups is 2. The number of ether oxygens (including phenoxy) is 2. The van der Waals surface area contributed by atoms with Gasteiger partial charge in [-0.05, 0) is 25.1 Å². The third kappa shape index (κ3) is 6.17. The van der Waals surface area contributed by atoms with E-state index < -0.39 is 17.6 Å². The number of aromatic nitrogens is 1. The van der Waals surface area contributed by atoms with Gasteiger partial charge in [0.2, 0.25) is 11.8 Å². The molecule has 2 unspecified atom stereocenters. The van der Waals surface area contributed by atoms with Crippen molar-refractivity contribution in [3.05, 3.63) is 34.8 Å². The zero-order valence-electron chi connectivity index (χ0n) is 18.1. The smallest absolute Gasteiger partial charge is 0.231 e. The van der Waals surface area contributed by atoms with Gasteiger partial charge in [-0.1, -0.05) is 20.8 Å². The van der Waals surface area contributed by atoms with Gasteiger partial charge in [-0.3, -0.25) is 9.59 Å². The summed E-state index contributed by atoms with van der Waals surface area (Å²) in [6.07, 6.45) is -0.954. The van der Waals surface area contributed by atoms with E-state index in [4.69, 9.17) is 9.47 Å². The Morgan fingerprint density at radius 3 is 2.53 bits per heavy atom. The molecule has 30 heavy (non-hydrogen) atoms. The molecule has 0 saturated heterocycles. The molecule has 0 bridgehead atoms. The standard InChI is InChI=1S/C21H29N3O5S/c1-12(18(26)15-10-14(28-5)7-8-16(15)29-6)22-17(25)9-13-11-30-20(23-13)24-19(27)21(2,3)4/h7-8,10-12,18,26H,9H2,1-6H3,(H,22,25)(H,23,24,27). The van der Waals surface area contributed by atoms with Crippen molar-refractivity contribution in [2.24, 2.45) is 5.41 Å². The second kappa shape index (κ2) is 9.90. The van der Waals surface area contributed by atoms with Crippen LogP contribution in [0.3, 0.4) is 0 Å². The third-order valence-electron chi connectivity index (χ3n) is 4.41. The number of benzene rings is 1. The van der Waals surface area contributed by atoms with Gasteiger partial charge in [-0.25, -0.2) is 4.98 Å². The predicted molar refractivity (Wildman–Crippen MR) is 116 cm³/mol. The monoisotopic (exact) mass is 435 g/mol. The van der Waals surface area contributed by atoms with Crippen LogP contribution in [-0.4, -0.2) is 42.2 Å². The maximum absolute atomic E-state index is 12.4. The summed E-state index contributed by atoms with van der Waals surface area (Å²) in [6.45, 7) is 7.15. The lowest BCUT2D eigenvalue weighted by Gasteiger charge is -2.22. The Morgan fingerprint density at radius 2 is 1.93 bits per heavy atom. The summed E-state index contributed by atoms with van der Waals surface area (Å²) in [7, 11) is 3.05. The minimum absolute atomic E-state index is 0.0359. The van der Waals surface area contributed by atoms with Crippen LogP contribution in [0.25, 0.3) is 0 Å². The largest absolute Gasteiger partial charge is 0.497 e. The average molecular weight is 436 g/mol. The number of thiazole rings is 1. The minimum Gasteiger partial charge on any atom is -0.497 e. The molecule has 0 saturated carbocycles. The fraction of sp³-hybridized carbons (Fsp3) is 0.476. The van der Waals surface area contributed by atoms with E-state index in [-0.39, 0.29) is 18.2 Å². The van der Waals surface area contributed by atoms with Gasteiger partial charge in [-0.2, -0.15) is 0 Å². The van der Waals surface area contributed by atoms with Crippen LogP contribution in [0.4, 0.5) is 5.13 Å². The third-order valence-corrected chi connectivity index (χ3v) is 5.22. The van der Waals surface area contributed by atoms with Crippen LogP contribution >= 0.6 is 11.3 Å². The summed E-state index contributed by atoms with van der Waals surface area (Å²) in [5, 5.41) is 18.4. The van der Waals surface area contributed by atoms with Gasteiger partial charge in [0, 0.05) is 16.4 Å². The topological polar surface area (TPSA) is 110 Å². The van der Waals surface area contributed by atoms with Gasteiger partial charge >= 0.3 is 0 Å². The van der Waals surface area contributed by atoms with E-state index in [1.54, 1.807) is 30.5 Å². The number of aliphatic hydroxyl groups is 1. The molecule has 2 rings (SSSR count). The molecule has 8 nitrogen and oxygen atoms in total. The van der Waals surface area contributed by atoms with Gasteiger partial charge in [0.1, 0.15) is 17.6 Å². The number of methoxy groups -OCH3 is 2. The second-order valence-corrected chi connectivity index (χ2v) is 8.79. The van der Waals surface area contributed by atoms with Crippen molar-refractivity contribution in [2.45, 2.75) is 46.3 Å². The number of hydrogen-bond donors (Lipinski definition) is 3. The van der Waals surface area contributed by atoms with Crippen molar-refractivity contribution in [1.29, 1.82) is 0 Å². The van der Waals surface area contributed by atoms with E-state index in [0.29, 0.717) is 27.9 Å². The maximum Gasteiger partial charge on any atom is 0.231 e. The molecule has 1 aromatic carbocycles. The van der Waals surface area contributed by atoms with Crippen molar-refractivity contribution >= 4 is 28.3 Å². The van der Waals surface area contributed by atoms with Gasteiger partial charge in [0.15, 0.2) is 5.13 Å². The van der Waals surface area contributed by atoms with E-state index in [2.05, 4.69) is 15.6 Å². The van der Waals surface area contributed by atoms with E-state index in [9.17, 15) is 14.7 Å². The molecule has 2 aromatic rings. The highest BCUT2D eigenvalue weighted by Crippen LogP contribution is 2.31. The Labute approximate surface area is 180 Å². The van der Waals surface area contributed by atoms with Crippen molar-refractivity contribution < 1.29 is 24.2 Å². The number of carbonyl (C=O) groups excluding carboxylic acids is 2. The summed E-state index contributed by atoms with van der Waals surface area (Å²) in [6, 6.07) is 4.54. The number of anilines is 1. The van der Waals surface area contributed by atoms with Crippen molar-refractivity contribution in [3.63, 3.8) is 0 Å². The average Bonchev–Trinajstić information content (AvgIpc) is 3.12. The van der Waals surface area contributed by atoms with Crippen LogP contribution < -0.4 is 20.1 Å². The quantitative estimate of drug-likeness (QED) is 0.588. The molecule has 1 aromatic heterocycles. The molecule has 164 valence electrons. The molecule has 9 heteroatoms. The lowest BCUT2D eigenvalue weighted by molar-refractivity contribution is -0.123. The maximum atomic E-state index is 12.4. The van der Waals surface area contributed by atoms with Gasteiger partial charge in [0.05, 0.1) is 32.4 Å². The number of amides is 2. The van der Waals surface area contributed by atoms with Crippen LogP contribution in [0.5, 0.6) is 11.5 Å². The first-order valence-corrected chi connectivity index (χ1v) is 10.4. The summed E-state index contributed by atoms with van der Waals surface area (Å²) >= 11 is 1.26. The first-order valence-electron chi connectivity index (χ1n) is 9.50. The van der Waals surface area contributed by atoms with Crippen LogP contribution in [-0.2, 0) is 16.0 Å². The first-order chi connectivity index (χ1) is 14.0. The number of nitrogens with zero attached hydrogens (tertiary/aromatic N) is 1. The highest BCUT2D eigenvalue weighted by atomic mass is 32.1.